The molecule has 0 saturated heterocycles. The van der Waals surface area contributed by atoms with Crippen LogP contribution in [0.5, 0.6) is 0 Å². The number of nitrogens with zero attached hydrogens (tertiary/aromatic N) is 2. The molecule has 2 rings (SSSR count). The second-order valence-electron chi connectivity index (χ2n) is 3.79. The molecule has 1 amide bonds. The van der Waals surface area contributed by atoms with Gasteiger partial charge in [0.1, 0.15) is 10.8 Å². The van der Waals surface area contributed by atoms with Gasteiger partial charge in [-0.3, -0.25) is 4.79 Å². The first-order valence-electron chi connectivity index (χ1n) is 5.58. The Kier molecular flexibility index (Phi) is 3.99. The van der Waals surface area contributed by atoms with Crippen LogP contribution in [0.3, 0.4) is 0 Å². The van der Waals surface area contributed by atoms with Crippen molar-refractivity contribution < 1.29 is 9.18 Å². The highest BCUT2D eigenvalue weighted by Gasteiger charge is 2.15. The number of hydrogen-bond donors (Lipinski definition) is 3. The molecule has 0 atom stereocenters. The van der Waals surface area contributed by atoms with Gasteiger partial charge in [0, 0.05) is 7.05 Å². The highest BCUT2D eigenvalue weighted by atomic mass is 35.5. The van der Waals surface area contributed by atoms with Gasteiger partial charge in [-0.2, -0.15) is 4.98 Å². The summed E-state index contributed by atoms with van der Waals surface area (Å²) < 4.78 is 13.6. The number of benzene rings is 1. The Morgan fingerprint density at radius 2 is 2.20 bits per heavy atom. The minimum absolute atomic E-state index is 0.181. The number of anilines is 3. The van der Waals surface area contributed by atoms with E-state index in [-0.39, 0.29) is 22.1 Å². The number of carbonyl (C=O) groups excluding carboxylic acids is 1. The van der Waals surface area contributed by atoms with E-state index in [2.05, 4.69) is 20.6 Å². The van der Waals surface area contributed by atoms with Crippen LogP contribution in [0, 0.1) is 5.82 Å². The van der Waals surface area contributed by atoms with Crippen LogP contribution in [0.25, 0.3) is 0 Å². The quantitative estimate of drug-likeness (QED) is 0.803. The van der Waals surface area contributed by atoms with Crippen molar-refractivity contribution in [3.8, 4) is 0 Å². The first-order chi connectivity index (χ1) is 9.52. The van der Waals surface area contributed by atoms with Gasteiger partial charge >= 0.3 is 0 Å². The van der Waals surface area contributed by atoms with Crippen LogP contribution in [0.1, 0.15) is 10.4 Å². The van der Waals surface area contributed by atoms with Crippen molar-refractivity contribution >= 4 is 35.0 Å². The molecule has 0 bridgehead atoms. The standard InChI is InChI=1S/C12H11ClFN5O/c1-16-12-17-5-6(13)11(19-12)18-8-4-2-3-7(14)9(8)10(15)20/h2-5H,1H3,(H2,15,20)(H2,16,17,18,19). The molecule has 1 heterocycles. The molecule has 4 N–H and O–H groups in total. The van der Waals surface area contributed by atoms with Gasteiger partial charge in [0.05, 0.1) is 17.4 Å². The number of nitrogens with one attached hydrogen (secondary N) is 2. The predicted molar refractivity (Wildman–Crippen MR) is 74.8 cm³/mol. The fourth-order valence-electron chi connectivity index (χ4n) is 1.58. The summed E-state index contributed by atoms with van der Waals surface area (Å²) in [6.07, 6.45) is 1.38. The number of amides is 1. The summed E-state index contributed by atoms with van der Waals surface area (Å²) in [6.45, 7) is 0. The Hall–Kier alpha value is -2.41. The molecule has 6 nitrogen and oxygen atoms in total. The van der Waals surface area contributed by atoms with Gasteiger partial charge in [-0.05, 0) is 12.1 Å². The lowest BCUT2D eigenvalue weighted by molar-refractivity contribution is 0.0997. The minimum atomic E-state index is -0.885. The van der Waals surface area contributed by atoms with Crippen LogP contribution in [0.4, 0.5) is 21.8 Å². The molecule has 0 fully saturated rings. The number of primary amides is 1. The molecular formula is C12H11ClFN5O. The SMILES string of the molecule is CNc1ncc(Cl)c(Nc2cccc(F)c2C(N)=O)n1. The number of hydrogen-bond acceptors (Lipinski definition) is 5. The van der Waals surface area contributed by atoms with E-state index in [1.54, 1.807) is 7.05 Å². The Balaban J connectivity index is 2.45. The second-order valence-corrected chi connectivity index (χ2v) is 4.20. The third kappa shape index (κ3) is 2.77. The monoisotopic (exact) mass is 295 g/mol. The van der Waals surface area contributed by atoms with E-state index in [0.717, 1.165) is 6.07 Å². The lowest BCUT2D eigenvalue weighted by Crippen LogP contribution is -2.15. The van der Waals surface area contributed by atoms with Crippen molar-refractivity contribution in [1.29, 1.82) is 0 Å². The predicted octanol–water partition coefficient (Wildman–Crippen LogP) is 2.15. The Morgan fingerprint density at radius 1 is 1.45 bits per heavy atom. The molecule has 0 spiro atoms. The van der Waals surface area contributed by atoms with E-state index >= 15 is 0 Å². The maximum absolute atomic E-state index is 13.6. The molecule has 0 unspecified atom stereocenters. The average molecular weight is 296 g/mol. The van der Waals surface area contributed by atoms with Crippen molar-refractivity contribution in [2.45, 2.75) is 0 Å². The first kappa shape index (κ1) is 14.0. The molecule has 0 aliphatic rings. The van der Waals surface area contributed by atoms with Gasteiger partial charge in [-0.15, -0.1) is 0 Å². The third-order valence-electron chi connectivity index (χ3n) is 2.48. The summed E-state index contributed by atoms with van der Waals surface area (Å²) >= 11 is 5.95. The van der Waals surface area contributed by atoms with Crippen LogP contribution >= 0.6 is 11.6 Å². The molecule has 8 heteroatoms. The maximum Gasteiger partial charge on any atom is 0.253 e. The highest BCUT2D eigenvalue weighted by molar-refractivity contribution is 6.33. The summed E-state index contributed by atoms with van der Waals surface area (Å²) in [7, 11) is 1.64. The highest BCUT2D eigenvalue weighted by Crippen LogP contribution is 2.26. The summed E-state index contributed by atoms with van der Waals surface area (Å²) in [5.74, 6) is -1.04. The number of aromatic nitrogens is 2. The van der Waals surface area contributed by atoms with E-state index in [4.69, 9.17) is 17.3 Å². The summed E-state index contributed by atoms with van der Waals surface area (Å²) in [5.41, 5.74) is 5.09. The Morgan fingerprint density at radius 3 is 2.85 bits per heavy atom. The lowest BCUT2D eigenvalue weighted by Gasteiger charge is -2.11. The van der Waals surface area contributed by atoms with Crippen molar-refractivity contribution in [3.63, 3.8) is 0 Å². The van der Waals surface area contributed by atoms with Crippen LogP contribution < -0.4 is 16.4 Å². The van der Waals surface area contributed by atoms with Gasteiger partial charge in [0.25, 0.3) is 5.91 Å². The number of nitrogens with two attached hydrogens (primary N) is 1. The molecule has 2 aromatic rings. The van der Waals surface area contributed by atoms with Gasteiger partial charge in [-0.25, -0.2) is 9.37 Å². The van der Waals surface area contributed by atoms with Gasteiger partial charge in [0.2, 0.25) is 5.95 Å². The van der Waals surface area contributed by atoms with Crippen molar-refractivity contribution in [2.24, 2.45) is 5.73 Å². The molecule has 0 aliphatic heterocycles. The molecule has 104 valence electrons. The zero-order valence-corrected chi connectivity index (χ0v) is 11.2. The van der Waals surface area contributed by atoms with Gasteiger partial charge < -0.3 is 16.4 Å². The van der Waals surface area contributed by atoms with Gasteiger partial charge in [0.15, 0.2) is 5.82 Å². The first-order valence-corrected chi connectivity index (χ1v) is 5.96. The van der Waals surface area contributed by atoms with Crippen molar-refractivity contribution in [2.75, 3.05) is 17.7 Å². The van der Waals surface area contributed by atoms with Crippen molar-refractivity contribution in [1.82, 2.24) is 9.97 Å². The minimum Gasteiger partial charge on any atom is -0.365 e. The smallest absolute Gasteiger partial charge is 0.253 e. The van der Waals surface area contributed by atoms with Crippen LogP contribution in [0.2, 0.25) is 5.02 Å². The fraction of sp³-hybridized carbons (Fsp3) is 0.0833. The average Bonchev–Trinajstić information content (AvgIpc) is 2.41. The van der Waals surface area contributed by atoms with E-state index in [0.29, 0.717) is 5.95 Å². The molecule has 0 saturated carbocycles. The van der Waals surface area contributed by atoms with Crippen molar-refractivity contribution in [3.05, 3.63) is 40.8 Å². The van der Waals surface area contributed by atoms with Crippen LogP contribution in [0.15, 0.2) is 24.4 Å². The topological polar surface area (TPSA) is 92.9 Å². The normalized spacial score (nSPS) is 10.2. The Bertz CT molecular complexity index is 664. The lowest BCUT2D eigenvalue weighted by atomic mass is 10.1. The molecule has 0 radical (unpaired) electrons. The molecule has 1 aromatic carbocycles. The summed E-state index contributed by atoms with van der Waals surface area (Å²) in [5, 5.41) is 5.74. The summed E-state index contributed by atoms with van der Waals surface area (Å²) in [6, 6.07) is 4.09. The van der Waals surface area contributed by atoms with E-state index in [9.17, 15) is 9.18 Å². The number of rotatable bonds is 4. The second kappa shape index (κ2) is 5.70. The third-order valence-corrected chi connectivity index (χ3v) is 2.76. The van der Waals surface area contributed by atoms with E-state index in [1.165, 1.54) is 18.3 Å². The van der Waals surface area contributed by atoms with E-state index < -0.39 is 11.7 Å². The van der Waals surface area contributed by atoms with Gasteiger partial charge in [-0.1, -0.05) is 17.7 Å². The largest absolute Gasteiger partial charge is 0.365 e. The zero-order chi connectivity index (χ0) is 14.7. The molecule has 0 aliphatic carbocycles. The van der Waals surface area contributed by atoms with Crippen LogP contribution in [-0.2, 0) is 0 Å². The number of carbonyl (C=O) groups is 1. The maximum atomic E-state index is 13.6. The summed E-state index contributed by atoms with van der Waals surface area (Å²) in [4.78, 5) is 19.3. The fourth-order valence-corrected chi connectivity index (χ4v) is 1.72. The Labute approximate surface area is 119 Å². The zero-order valence-electron chi connectivity index (χ0n) is 10.4. The molecular weight excluding hydrogens is 285 g/mol. The number of halogens is 2. The molecule has 1 aromatic heterocycles. The van der Waals surface area contributed by atoms with E-state index in [1.807, 2.05) is 0 Å². The van der Waals surface area contributed by atoms with Crippen LogP contribution in [-0.4, -0.2) is 22.9 Å². The molecule has 20 heavy (non-hydrogen) atoms.